The van der Waals surface area contributed by atoms with Gasteiger partial charge in [0, 0.05) is 30.4 Å². The molecule has 9 nitrogen and oxygen atoms in total. The first-order chi connectivity index (χ1) is 12.3. The van der Waals surface area contributed by atoms with Gasteiger partial charge in [-0.2, -0.15) is 0 Å². The number of nitrogens with one attached hydrogen (secondary N) is 3. The molecule has 0 bridgehead atoms. The molecule has 0 aliphatic carbocycles. The normalized spacial score (nSPS) is 13.0. The van der Waals surface area contributed by atoms with Crippen LogP contribution in [0.3, 0.4) is 0 Å². The minimum absolute atomic E-state index is 0.0362. The van der Waals surface area contributed by atoms with Gasteiger partial charge in [-0.1, -0.05) is 18.2 Å². The van der Waals surface area contributed by atoms with Crippen molar-refractivity contribution in [2.45, 2.75) is 31.8 Å². The second-order valence-electron chi connectivity index (χ2n) is 5.89. The number of primary amides is 1. The number of fused-ring (bicyclic) bond motifs is 1. The van der Waals surface area contributed by atoms with Crippen molar-refractivity contribution in [1.82, 2.24) is 15.6 Å². The van der Waals surface area contributed by atoms with Crippen LogP contribution in [0.1, 0.15) is 18.9 Å². The van der Waals surface area contributed by atoms with E-state index in [4.69, 9.17) is 5.73 Å². The zero-order valence-corrected chi connectivity index (χ0v) is 14.1. The molecule has 0 fully saturated rings. The van der Waals surface area contributed by atoms with Gasteiger partial charge >= 0.3 is 5.97 Å². The Morgan fingerprint density at radius 2 is 1.85 bits per heavy atom. The molecule has 26 heavy (non-hydrogen) atoms. The molecule has 0 saturated carbocycles. The van der Waals surface area contributed by atoms with Crippen LogP contribution in [0.15, 0.2) is 30.5 Å². The fourth-order valence-corrected chi connectivity index (χ4v) is 2.65. The lowest BCUT2D eigenvalue weighted by molar-refractivity contribution is -0.142. The number of aromatic nitrogens is 1. The van der Waals surface area contributed by atoms with Crippen molar-refractivity contribution in [2.24, 2.45) is 5.73 Å². The average Bonchev–Trinajstić information content (AvgIpc) is 2.95. The van der Waals surface area contributed by atoms with Crippen molar-refractivity contribution < 1.29 is 24.3 Å². The number of carbonyl (C=O) groups is 4. The van der Waals surface area contributed by atoms with Crippen LogP contribution < -0.4 is 16.4 Å². The van der Waals surface area contributed by atoms with Crippen molar-refractivity contribution in [3.63, 3.8) is 0 Å². The summed E-state index contributed by atoms with van der Waals surface area (Å²) >= 11 is 0. The fraction of sp³-hybridized carbons (Fsp3) is 0.294. The zero-order chi connectivity index (χ0) is 19.3. The Morgan fingerprint density at radius 1 is 1.15 bits per heavy atom. The second-order valence-corrected chi connectivity index (χ2v) is 5.89. The van der Waals surface area contributed by atoms with Crippen molar-refractivity contribution in [3.05, 3.63) is 36.0 Å². The molecular weight excluding hydrogens is 340 g/mol. The standard InChI is InChI=1S/C17H20N4O5/c1-9(22)20-13(7-15(18)23)16(24)21-14(17(25)26)6-10-8-19-12-5-3-2-4-11(10)12/h2-5,8,13-14,19H,6-7H2,1H3,(H2,18,23)(H,20,22)(H,21,24)(H,25,26)/t13-,14-/m0/s1. The highest BCUT2D eigenvalue weighted by molar-refractivity contribution is 5.93. The summed E-state index contributed by atoms with van der Waals surface area (Å²) in [5, 5.41) is 14.9. The minimum Gasteiger partial charge on any atom is -0.480 e. The van der Waals surface area contributed by atoms with Crippen LogP contribution in [0, 0.1) is 0 Å². The van der Waals surface area contributed by atoms with Gasteiger partial charge in [0.2, 0.25) is 17.7 Å². The third-order valence-electron chi connectivity index (χ3n) is 3.81. The molecule has 6 N–H and O–H groups in total. The molecule has 0 saturated heterocycles. The lowest BCUT2D eigenvalue weighted by Crippen LogP contribution is -2.53. The number of carboxylic acid groups (broad SMARTS) is 1. The second kappa shape index (κ2) is 8.15. The summed E-state index contributed by atoms with van der Waals surface area (Å²) in [5.41, 5.74) is 6.65. The number of para-hydroxylation sites is 1. The van der Waals surface area contributed by atoms with E-state index >= 15 is 0 Å². The van der Waals surface area contributed by atoms with Gasteiger partial charge in [-0.3, -0.25) is 14.4 Å². The van der Waals surface area contributed by atoms with Crippen LogP contribution in [0.25, 0.3) is 10.9 Å². The topological polar surface area (TPSA) is 154 Å². The average molecular weight is 360 g/mol. The molecule has 2 atom stereocenters. The number of hydrogen-bond donors (Lipinski definition) is 5. The van der Waals surface area contributed by atoms with Gasteiger partial charge < -0.3 is 26.5 Å². The highest BCUT2D eigenvalue weighted by atomic mass is 16.4. The van der Waals surface area contributed by atoms with Crippen LogP contribution in [-0.2, 0) is 25.6 Å². The maximum absolute atomic E-state index is 12.3. The van der Waals surface area contributed by atoms with E-state index in [1.807, 2.05) is 24.3 Å². The number of carbonyl (C=O) groups excluding carboxylic acids is 3. The van der Waals surface area contributed by atoms with Gasteiger partial charge in [0.25, 0.3) is 0 Å². The zero-order valence-electron chi connectivity index (χ0n) is 14.1. The minimum atomic E-state index is -1.23. The lowest BCUT2D eigenvalue weighted by Gasteiger charge is -2.20. The van der Waals surface area contributed by atoms with Gasteiger partial charge in [-0.15, -0.1) is 0 Å². The molecule has 0 unspecified atom stereocenters. The van der Waals surface area contributed by atoms with Crippen LogP contribution in [0.2, 0.25) is 0 Å². The highest BCUT2D eigenvalue weighted by Gasteiger charge is 2.27. The van der Waals surface area contributed by atoms with E-state index < -0.39 is 42.2 Å². The smallest absolute Gasteiger partial charge is 0.326 e. The summed E-state index contributed by atoms with van der Waals surface area (Å²) in [6.07, 6.45) is 1.29. The Balaban J connectivity index is 2.16. The molecule has 138 valence electrons. The molecule has 1 aromatic carbocycles. The number of nitrogens with two attached hydrogens (primary N) is 1. The first kappa shape index (κ1) is 19.0. The summed E-state index contributed by atoms with van der Waals surface area (Å²) < 4.78 is 0. The first-order valence-electron chi connectivity index (χ1n) is 7.91. The fourth-order valence-electron chi connectivity index (χ4n) is 2.65. The van der Waals surface area contributed by atoms with E-state index in [1.165, 1.54) is 6.92 Å². The maximum atomic E-state index is 12.3. The molecule has 9 heteroatoms. The number of aromatic amines is 1. The number of benzene rings is 1. The number of hydrogen-bond acceptors (Lipinski definition) is 4. The Kier molecular flexibility index (Phi) is 5.94. The van der Waals surface area contributed by atoms with Crippen LogP contribution in [0.5, 0.6) is 0 Å². The van der Waals surface area contributed by atoms with E-state index in [0.717, 1.165) is 16.5 Å². The third-order valence-corrected chi connectivity index (χ3v) is 3.81. The van der Waals surface area contributed by atoms with Gasteiger partial charge in [-0.05, 0) is 11.6 Å². The third kappa shape index (κ3) is 4.82. The SMILES string of the molecule is CC(=O)N[C@@H](CC(N)=O)C(=O)N[C@@H](Cc1c[nH]c2ccccc12)C(=O)O. The summed E-state index contributed by atoms with van der Waals surface area (Å²) in [7, 11) is 0. The van der Waals surface area contributed by atoms with Crippen LogP contribution >= 0.6 is 0 Å². The Bertz CT molecular complexity index is 829. The van der Waals surface area contributed by atoms with Crippen molar-refractivity contribution in [3.8, 4) is 0 Å². The van der Waals surface area contributed by atoms with E-state index in [1.54, 1.807) is 6.20 Å². The molecule has 0 radical (unpaired) electrons. The summed E-state index contributed by atoms with van der Waals surface area (Å²) in [5.74, 6) is -3.34. The quantitative estimate of drug-likeness (QED) is 0.436. The predicted octanol–water partition coefficient (Wildman–Crippen LogP) is -0.340. The summed E-state index contributed by atoms with van der Waals surface area (Å²) in [6, 6.07) is 4.91. The van der Waals surface area contributed by atoms with Gasteiger partial charge in [-0.25, -0.2) is 4.79 Å². The number of aliphatic carboxylic acids is 1. The van der Waals surface area contributed by atoms with Crippen LogP contribution in [0.4, 0.5) is 0 Å². The van der Waals surface area contributed by atoms with E-state index in [9.17, 15) is 24.3 Å². The number of amides is 3. The molecule has 2 rings (SSSR count). The van der Waals surface area contributed by atoms with Gasteiger partial charge in [0.1, 0.15) is 12.1 Å². The molecule has 0 aliphatic heterocycles. The summed E-state index contributed by atoms with van der Waals surface area (Å²) in [4.78, 5) is 49.2. The largest absolute Gasteiger partial charge is 0.480 e. The van der Waals surface area contributed by atoms with Crippen molar-refractivity contribution in [2.75, 3.05) is 0 Å². The predicted molar refractivity (Wildman–Crippen MR) is 93.0 cm³/mol. The molecule has 2 aromatic rings. The van der Waals surface area contributed by atoms with Crippen molar-refractivity contribution in [1.29, 1.82) is 0 Å². The molecule has 0 aliphatic rings. The molecule has 3 amide bonds. The van der Waals surface area contributed by atoms with E-state index in [-0.39, 0.29) is 6.42 Å². The molecule has 1 aromatic heterocycles. The summed E-state index contributed by atoms with van der Waals surface area (Å²) in [6.45, 7) is 1.18. The number of H-pyrrole nitrogens is 1. The van der Waals surface area contributed by atoms with E-state index in [2.05, 4.69) is 15.6 Å². The van der Waals surface area contributed by atoms with Crippen molar-refractivity contribution >= 4 is 34.6 Å². The monoisotopic (exact) mass is 360 g/mol. The Morgan fingerprint density at radius 3 is 2.46 bits per heavy atom. The Labute approximate surface area is 148 Å². The van der Waals surface area contributed by atoms with Crippen LogP contribution in [-0.4, -0.2) is 45.9 Å². The first-order valence-corrected chi connectivity index (χ1v) is 7.91. The van der Waals surface area contributed by atoms with Gasteiger partial charge in [0.15, 0.2) is 0 Å². The maximum Gasteiger partial charge on any atom is 0.326 e. The molecular formula is C17H20N4O5. The lowest BCUT2D eigenvalue weighted by atomic mass is 10.0. The molecule has 0 spiro atoms. The number of carboxylic acids is 1. The highest BCUT2D eigenvalue weighted by Crippen LogP contribution is 2.19. The van der Waals surface area contributed by atoms with E-state index in [0.29, 0.717) is 0 Å². The Hall–Kier alpha value is -3.36. The molecule has 1 heterocycles. The van der Waals surface area contributed by atoms with Gasteiger partial charge in [0.05, 0.1) is 6.42 Å². The number of rotatable bonds is 8.